The van der Waals surface area contributed by atoms with E-state index in [0.29, 0.717) is 0 Å². The first-order valence-electron chi connectivity index (χ1n) is 4.57. The largest absolute Gasteiger partial charge is 0.134 e. The lowest BCUT2D eigenvalue weighted by molar-refractivity contribution is 1.85. The van der Waals surface area contributed by atoms with Crippen molar-refractivity contribution in [1.82, 2.24) is 0 Å². The molecular weight excluding hydrogens is 335 g/mol. The van der Waals surface area contributed by atoms with Crippen molar-refractivity contribution in [3.05, 3.63) is 45.3 Å². The highest BCUT2D eigenvalue weighted by Gasteiger charge is 2.05. The molecule has 1 aromatic carbocycles. The Bertz CT molecular complexity index is 574. The predicted octanol–water partition coefficient (Wildman–Crippen LogP) is 5.23. The molecule has 0 fully saturated rings. The van der Waals surface area contributed by atoms with Crippen molar-refractivity contribution in [2.45, 2.75) is 0 Å². The van der Waals surface area contributed by atoms with E-state index in [1.54, 1.807) is 0 Å². The van der Waals surface area contributed by atoms with Crippen LogP contribution in [0.4, 0.5) is 0 Å². The topological polar surface area (TPSA) is 0 Å². The minimum atomic E-state index is 1.35. The van der Waals surface area contributed by atoms with Gasteiger partial charge in [-0.05, 0) is 52.2 Å². The summed E-state index contributed by atoms with van der Waals surface area (Å²) in [4.78, 5) is 2.75. The summed E-state index contributed by atoms with van der Waals surface area (Å²) >= 11 is 6.09. The molecular formula is C12H7IS2. The van der Waals surface area contributed by atoms with Crippen LogP contribution in [0.15, 0.2) is 42.5 Å². The number of rotatable bonds is 1. The summed E-state index contributed by atoms with van der Waals surface area (Å²) < 4.78 is 2.72. The number of benzene rings is 1. The zero-order chi connectivity index (χ0) is 10.3. The van der Waals surface area contributed by atoms with E-state index in [-0.39, 0.29) is 0 Å². The minimum absolute atomic E-state index is 1.35. The molecule has 3 rings (SSSR count). The molecule has 0 bridgehead atoms. The van der Waals surface area contributed by atoms with Crippen molar-refractivity contribution >= 4 is 55.4 Å². The third-order valence-electron chi connectivity index (χ3n) is 2.24. The molecule has 2 heterocycles. The Morgan fingerprint density at radius 1 is 0.867 bits per heavy atom. The Kier molecular flexibility index (Phi) is 2.54. The SMILES string of the molecule is Ic1ccc(-c2cc3ccccc3s2)s1. The van der Waals surface area contributed by atoms with Gasteiger partial charge in [0.15, 0.2) is 0 Å². The highest BCUT2D eigenvalue weighted by atomic mass is 127. The third-order valence-corrected chi connectivity index (χ3v) is 5.45. The lowest BCUT2D eigenvalue weighted by Gasteiger charge is -1.86. The average Bonchev–Trinajstić information content (AvgIpc) is 2.82. The number of halogens is 1. The second-order valence-electron chi connectivity index (χ2n) is 3.25. The summed E-state index contributed by atoms with van der Waals surface area (Å²) in [5.74, 6) is 0. The maximum Gasteiger partial charge on any atom is 0.0660 e. The summed E-state index contributed by atoms with van der Waals surface area (Å²) in [6.07, 6.45) is 0. The highest BCUT2D eigenvalue weighted by Crippen LogP contribution is 2.37. The summed E-state index contributed by atoms with van der Waals surface area (Å²) in [5, 5.41) is 1.35. The van der Waals surface area contributed by atoms with Gasteiger partial charge in [0.1, 0.15) is 0 Å². The van der Waals surface area contributed by atoms with Gasteiger partial charge >= 0.3 is 0 Å². The van der Waals surface area contributed by atoms with E-state index in [4.69, 9.17) is 0 Å². The third kappa shape index (κ3) is 1.84. The van der Waals surface area contributed by atoms with Gasteiger partial charge < -0.3 is 0 Å². The van der Waals surface area contributed by atoms with Crippen LogP contribution in [-0.2, 0) is 0 Å². The van der Waals surface area contributed by atoms with Gasteiger partial charge in [-0.15, -0.1) is 22.7 Å². The van der Waals surface area contributed by atoms with Gasteiger partial charge in [-0.1, -0.05) is 18.2 Å². The molecule has 0 amide bonds. The van der Waals surface area contributed by atoms with E-state index in [0.717, 1.165) is 0 Å². The summed E-state index contributed by atoms with van der Waals surface area (Å²) in [7, 11) is 0. The molecule has 15 heavy (non-hydrogen) atoms. The van der Waals surface area contributed by atoms with Gasteiger partial charge in [0, 0.05) is 14.5 Å². The highest BCUT2D eigenvalue weighted by molar-refractivity contribution is 14.1. The van der Waals surface area contributed by atoms with Crippen LogP contribution < -0.4 is 0 Å². The molecule has 0 saturated carbocycles. The maximum atomic E-state index is 2.37. The van der Waals surface area contributed by atoms with Crippen LogP contribution in [0.1, 0.15) is 0 Å². The molecule has 0 nitrogen and oxygen atoms in total. The van der Waals surface area contributed by atoms with Gasteiger partial charge in [0.25, 0.3) is 0 Å². The van der Waals surface area contributed by atoms with Crippen LogP contribution in [0.2, 0.25) is 0 Å². The van der Waals surface area contributed by atoms with E-state index >= 15 is 0 Å². The van der Waals surface area contributed by atoms with Crippen molar-refractivity contribution in [1.29, 1.82) is 0 Å². The van der Waals surface area contributed by atoms with Gasteiger partial charge in [0.05, 0.1) is 2.88 Å². The molecule has 0 atom stereocenters. The molecule has 0 aliphatic heterocycles. The first-order chi connectivity index (χ1) is 7.33. The molecule has 0 aliphatic carbocycles. The average molecular weight is 342 g/mol. The van der Waals surface area contributed by atoms with E-state index < -0.39 is 0 Å². The molecule has 3 heteroatoms. The van der Waals surface area contributed by atoms with Crippen molar-refractivity contribution in [3.63, 3.8) is 0 Å². The second kappa shape index (κ2) is 3.88. The molecule has 0 spiro atoms. The molecule has 2 aromatic heterocycles. The van der Waals surface area contributed by atoms with Crippen LogP contribution >= 0.6 is 45.3 Å². The predicted molar refractivity (Wildman–Crippen MR) is 77.9 cm³/mol. The fraction of sp³-hybridized carbons (Fsp3) is 0. The van der Waals surface area contributed by atoms with Gasteiger partial charge in [-0.2, -0.15) is 0 Å². The zero-order valence-electron chi connectivity index (χ0n) is 7.74. The van der Waals surface area contributed by atoms with Crippen LogP contribution in [-0.4, -0.2) is 0 Å². The van der Waals surface area contributed by atoms with E-state index in [1.165, 1.54) is 22.7 Å². The minimum Gasteiger partial charge on any atom is -0.134 e. The molecule has 0 N–H and O–H groups in total. The van der Waals surface area contributed by atoms with E-state index in [1.807, 2.05) is 22.7 Å². The fourth-order valence-electron chi connectivity index (χ4n) is 1.55. The Hall–Kier alpha value is -0.390. The van der Waals surface area contributed by atoms with Gasteiger partial charge in [0.2, 0.25) is 0 Å². The molecule has 0 saturated heterocycles. The molecule has 0 unspecified atom stereocenters. The van der Waals surface area contributed by atoms with Crippen molar-refractivity contribution in [2.24, 2.45) is 0 Å². The van der Waals surface area contributed by atoms with Gasteiger partial charge in [-0.3, -0.25) is 0 Å². The lowest BCUT2D eigenvalue weighted by Crippen LogP contribution is -1.58. The quantitative estimate of drug-likeness (QED) is 0.531. The molecule has 0 aliphatic rings. The van der Waals surface area contributed by atoms with Crippen LogP contribution in [0.5, 0.6) is 0 Å². The van der Waals surface area contributed by atoms with Crippen molar-refractivity contribution < 1.29 is 0 Å². The molecule has 0 radical (unpaired) electrons. The second-order valence-corrected chi connectivity index (χ2v) is 7.31. The van der Waals surface area contributed by atoms with Crippen LogP contribution in [0.3, 0.4) is 0 Å². The van der Waals surface area contributed by atoms with Crippen LogP contribution in [0.25, 0.3) is 19.8 Å². The number of hydrogen-bond acceptors (Lipinski definition) is 2. The van der Waals surface area contributed by atoms with E-state index in [9.17, 15) is 0 Å². The first kappa shape index (κ1) is 9.81. The molecule has 74 valence electrons. The van der Waals surface area contributed by atoms with E-state index in [2.05, 4.69) is 65.1 Å². The fourth-order valence-corrected chi connectivity index (χ4v) is 4.32. The Labute approximate surface area is 110 Å². The Morgan fingerprint density at radius 3 is 2.47 bits per heavy atom. The monoisotopic (exact) mass is 342 g/mol. The summed E-state index contributed by atoms with van der Waals surface area (Å²) in [5.41, 5.74) is 0. The maximum absolute atomic E-state index is 2.37. The first-order valence-corrected chi connectivity index (χ1v) is 7.28. The smallest absolute Gasteiger partial charge is 0.0660 e. The summed E-state index contributed by atoms with van der Waals surface area (Å²) in [6, 6.07) is 15.2. The van der Waals surface area contributed by atoms with Crippen molar-refractivity contribution in [3.8, 4) is 9.75 Å². The zero-order valence-corrected chi connectivity index (χ0v) is 11.5. The number of thiophene rings is 2. The molecule has 3 aromatic rings. The normalized spacial score (nSPS) is 11.0. The van der Waals surface area contributed by atoms with Crippen molar-refractivity contribution in [2.75, 3.05) is 0 Å². The number of fused-ring (bicyclic) bond motifs is 1. The Morgan fingerprint density at radius 2 is 1.73 bits per heavy atom. The van der Waals surface area contributed by atoms with Gasteiger partial charge in [-0.25, -0.2) is 0 Å². The van der Waals surface area contributed by atoms with Crippen LogP contribution in [0, 0.1) is 2.88 Å². The Balaban J connectivity index is 2.19. The lowest BCUT2D eigenvalue weighted by atomic mass is 10.2. The number of hydrogen-bond donors (Lipinski definition) is 0. The summed E-state index contributed by atoms with van der Waals surface area (Å²) in [6.45, 7) is 0. The standard InChI is InChI=1S/C12H7IS2/c13-12-6-5-10(15-12)11-7-8-3-1-2-4-9(8)14-11/h1-7H.